The predicted molar refractivity (Wildman–Crippen MR) is 152 cm³/mol. The van der Waals surface area contributed by atoms with Gasteiger partial charge in [0.2, 0.25) is 17.7 Å². The first-order valence-electron chi connectivity index (χ1n) is 12.5. The van der Waals surface area contributed by atoms with E-state index < -0.39 is 47.9 Å². The van der Waals surface area contributed by atoms with E-state index in [1.165, 1.54) is 0 Å². The molecule has 1 aromatic carbocycles. The first-order chi connectivity index (χ1) is 18.4. The van der Waals surface area contributed by atoms with Crippen LogP contribution in [-0.2, 0) is 25.6 Å². The van der Waals surface area contributed by atoms with E-state index in [-0.39, 0.29) is 37.0 Å². The van der Waals surface area contributed by atoms with Gasteiger partial charge in [-0.25, -0.2) is 4.79 Å². The van der Waals surface area contributed by atoms with Crippen molar-refractivity contribution >= 4 is 53.2 Å². The number of thiol groups is 1. The molecule has 1 aromatic heterocycles. The fraction of sp³-hybridized carbons (Fsp3) is 0.480. The number of aromatic amines is 1. The zero-order valence-electron chi connectivity index (χ0n) is 22.0. The number of carbonyl (C=O) groups is 4. The number of hydrogen-bond donors (Lipinski definition) is 9. The highest BCUT2D eigenvalue weighted by molar-refractivity contribution is 7.80. The molecule has 0 aliphatic heterocycles. The molecule has 0 fully saturated rings. The van der Waals surface area contributed by atoms with Crippen LogP contribution in [0.15, 0.2) is 35.5 Å². The summed E-state index contributed by atoms with van der Waals surface area (Å²) in [5.41, 5.74) is 18.2. The van der Waals surface area contributed by atoms with Gasteiger partial charge in [0.15, 0.2) is 5.96 Å². The molecule has 3 amide bonds. The van der Waals surface area contributed by atoms with Crippen molar-refractivity contribution in [2.45, 2.75) is 57.3 Å². The Hall–Kier alpha value is -3.78. The van der Waals surface area contributed by atoms with Gasteiger partial charge in [-0.15, -0.1) is 0 Å². The average molecular weight is 563 g/mol. The molecule has 0 bridgehead atoms. The quantitative estimate of drug-likeness (QED) is 0.0577. The van der Waals surface area contributed by atoms with E-state index >= 15 is 0 Å². The normalized spacial score (nSPS) is 14.2. The number of H-pyrrole nitrogens is 1. The van der Waals surface area contributed by atoms with E-state index in [0.717, 1.165) is 16.5 Å². The van der Waals surface area contributed by atoms with Crippen LogP contribution in [0.4, 0.5) is 0 Å². The van der Waals surface area contributed by atoms with Crippen LogP contribution in [0.5, 0.6) is 0 Å². The number of aliphatic carboxylic acids is 1. The maximum absolute atomic E-state index is 13.4. The van der Waals surface area contributed by atoms with Crippen LogP contribution >= 0.6 is 12.6 Å². The predicted octanol–water partition coefficient (Wildman–Crippen LogP) is -0.784. The first-order valence-corrected chi connectivity index (χ1v) is 13.2. The minimum absolute atomic E-state index is 0.0669. The number of fused-ring (bicyclic) bond motifs is 1. The van der Waals surface area contributed by atoms with Gasteiger partial charge in [0, 0.05) is 35.8 Å². The van der Waals surface area contributed by atoms with E-state index in [2.05, 4.69) is 38.6 Å². The van der Waals surface area contributed by atoms with Crippen molar-refractivity contribution in [3.05, 3.63) is 36.0 Å². The maximum atomic E-state index is 13.4. The molecule has 0 aliphatic carbocycles. The van der Waals surface area contributed by atoms with E-state index in [0.29, 0.717) is 6.42 Å². The van der Waals surface area contributed by atoms with E-state index in [1.807, 2.05) is 24.3 Å². The SMILES string of the molecule is CC(C)C(N)C(=O)NC(Cc1c[nH]c2ccccc12)C(=O)NC(CS)C(=O)NC(CCCN=C(N)N)C(=O)O. The lowest BCUT2D eigenvalue weighted by atomic mass is 10.0. The van der Waals surface area contributed by atoms with Gasteiger partial charge in [-0.2, -0.15) is 12.6 Å². The molecule has 0 aliphatic rings. The molecule has 0 spiro atoms. The number of nitrogens with zero attached hydrogens (tertiary/aromatic N) is 1. The lowest BCUT2D eigenvalue weighted by Gasteiger charge is -2.25. The van der Waals surface area contributed by atoms with Gasteiger partial charge in [0.05, 0.1) is 6.04 Å². The fourth-order valence-corrected chi connectivity index (χ4v) is 4.06. The maximum Gasteiger partial charge on any atom is 0.326 e. The second-order valence-corrected chi connectivity index (χ2v) is 9.85. The highest BCUT2D eigenvalue weighted by Crippen LogP contribution is 2.19. The summed E-state index contributed by atoms with van der Waals surface area (Å²) < 4.78 is 0. The number of aliphatic imine (C=N–C) groups is 1. The molecule has 2 rings (SSSR count). The van der Waals surface area contributed by atoms with Gasteiger partial charge in [0.25, 0.3) is 0 Å². The molecule has 0 saturated heterocycles. The molecular formula is C25H38N8O5S. The lowest BCUT2D eigenvalue weighted by molar-refractivity contribution is -0.142. The third kappa shape index (κ3) is 9.48. The number of carboxylic acid groups (broad SMARTS) is 1. The number of guanidine groups is 1. The molecule has 39 heavy (non-hydrogen) atoms. The molecular weight excluding hydrogens is 524 g/mol. The second-order valence-electron chi connectivity index (χ2n) is 9.49. The van der Waals surface area contributed by atoms with Gasteiger partial charge in [-0.05, 0) is 30.4 Å². The number of hydrogen-bond acceptors (Lipinski definition) is 7. The van der Waals surface area contributed by atoms with Crippen LogP contribution in [0.25, 0.3) is 10.9 Å². The van der Waals surface area contributed by atoms with Gasteiger partial charge in [0.1, 0.15) is 18.1 Å². The zero-order valence-corrected chi connectivity index (χ0v) is 22.9. The lowest BCUT2D eigenvalue weighted by Crippen LogP contribution is -2.58. The summed E-state index contributed by atoms with van der Waals surface area (Å²) >= 11 is 4.17. The van der Waals surface area contributed by atoms with Crippen LogP contribution in [0.2, 0.25) is 0 Å². The highest BCUT2D eigenvalue weighted by atomic mass is 32.1. The smallest absolute Gasteiger partial charge is 0.326 e. The Labute approximate surface area is 232 Å². The summed E-state index contributed by atoms with van der Waals surface area (Å²) in [7, 11) is 0. The molecule has 11 N–H and O–H groups in total. The van der Waals surface area contributed by atoms with Crippen molar-refractivity contribution in [2.24, 2.45) is 28.1 Å². The molecule has 0 radical (unpaired) electrons. The van der Waals surface area contributed by atoms with Gasteiger partial charge in [-0.3, -0.25) is 19.4 Å². The van der Waals surface area contributed by atoms with Crippen LogP contribution in [0, 0.1) is 5.92 Å². The van der Waals surface area contributed by atoms with E-state index in [9.17, 15) is 24.3 Å². The van der Waals surface area contributed by atoms with Gasteiger partial charge in [-0.1, -0.05) is 32.0 Å². The van der Waals surface area contributed by atoms with Crippen LogP contribution in [0.3, 0.4) is 0 Å². The minimum Gasteiger partial charge on any atom is -0.480 e. The fourth-order valence-electron chi connectivity index (χ4n) is 3.80. The number of rotatable bonds is 15. The molecule has 214 valence electrons. The Morgan fingerprint density at radius 2 is 1.62 bits per heavy atom. The van der Waals surface area contributed by atoms with Crippen molar-refractivity contribution in [1.29, 1.82) is 0 Å². The Balaban J connectivity index is 2.17. The van der Waals surface area contributed by atoms with Crippen molar-refractivity contribution < 1.29 is 24.3 Å². The van der Waals surface area contributed by atoms with Crippen molar-refractivity contribution in [3.63, 3.8) is 0 Å². The van der Waals surface area contributed by atoms with Gasteiger partial charge < -0.3 is 43.2 Å². The number of amides is 3. The number of carboxylic acids is 1. The van der Waals surface area contributed by atoms with Crippen molar-refractivity contribution in [1.82, 2.24) is 20.9 Å². The molecule has 4 unspecified atom stereocenters. The number of aromatic nitrogens is 1. The Morgan fingerprint density at radius 1 is 1.00 bits per heavy atom. The Bertz CT molecular complexity index is 1180. The largest absolute Gasteiger partial charge is 0.480 e. The third-order valence-electron chi connectivity index (χ3n) is 6.13. The molecule has 0 saturated carbocycles. The Morgan fingerprint density at radius 3 is 2.23 bits per heavy atom. The third-order valence-corrected chi connectivity index (χ3v) is 6.49. The molecule has 14 heteroatoms. The monoisotopic (exact) mass is 562 g/mol. The van der Waals surface area contributed by atoms with Crippen LogP contribution in [-0.4, -0.2) is 76.2 Å². The molecule has 2 aromatic rings. The standard InChI is InChI=1S/C25H38N8O5S/c1-13(2)20(26)23(36)32-18(10-14-11-30-16-7-4-3-6-15(14)16)21(34)33-19(12-39)22(35)31-17(24(37)38)8-5-9-29-25(27)28/h3-4,6-7,11,13,17-20,30,39H,5,8-10,12,26H2,1-2H3,(H,31,35)(H,32,36)(H,33,34)(H,37,38)(H4,27,28,29). The topological polar surface area (TPSA) is 231 Å². The number of benzene rings is 1. The number of nitrogens with two attached hydrogens (primary N) is 3. The first kappa shape index (κ1) is 31.4. The highest BCUT2D eigenvalue weighted by Gasteiger charge is 2.30. The van der Waals surface area contributed by atoms with E-state index in [1.54, 1.807) is 20.0 Å². The summed E-state index contributed by atoms with van der Waals surface area (Å²) in [5, 5.41) is 18.1. The van der Waals surface area contributed by atoms with E-state index in [4.69, 9.17) is 17.2 Å². The summed E-state index contributed by atoms with van der Waals surface area (Å²) in [4.78, 5) is 57.6. The zero-order chi connectivity index (χ0) is 29.1. The summed E-state index contributed by atoms with van der Waals surface area (Å²) in [6.07, 6.45) is 2.25. The van der Waals surface area contributed by atoms with Crippen molar-refractivity contribution in [3.8, 4) is 0 Å². The van der Waals surface area contributed by atoms with Crippen molar-refractivity contribution in [2.75, 3.05) is 12.3 Å². The summed E-state index contributed by atoms with van der Waals surface area (Å²) in [6.45, 7) is 3.77. The van der Waals surface area contributed by atoms with Gasteiger partial charge >= 0.3 is 5.97 Å². The summed E-state index contributed by atoms with van der Waals surface area (Å²) in [6, 6.07) is 3.21. The number of nitrogens with one attached hydrogen (secondary N) is 4. The number of para-hydroxylation sites is 1. The average Bonchev–Trinajstić information content (AvgIpc) is 3.30. The van der Waals surface area contributed by atoms with Crippen LogP contribution in [0.1, 0.15) is 32.3 Å². The molecule has 4 atom stereocenters. The van der Waals surface area contributed by atoms with Crippen LogP contribution < -0.4 is 33.2 Å². The second kappa shape index (κ2) is 15.0. The molecule has 1 heterocycles. The minimum atomic E-state index is -1.25. The number of carbonyl (C=O) groups excluding carboxylic acids is 3. The Kier molecular flexibility index (Phi) is 12.1. The summed E-state index contributed by atoms with van der Waals surface area (Å²) in [5.74, 6) is -3.53. The molecule has 13 nitrogen and oxygen atoms in total.